The van der Waals surface area contributed by atoms with Crippen molar-refractivity contribution in [2.24, 2.45) is 0 Å². The van der Waals surface area contributed by atoms with Crippen LogP contribution in [0.15, 0.2) is 42.5 Å². The summed E-state index contributed by atoms with van der Waals surface area (Å²) < 4.78 is 5.42. The molecule has 1 heterocycles. The van der Waals surface area contributed by atoms with Crippen molar-refractivity contribution in [2.45, 2.75) is 26.9 Å². The van der Waals surface area contributed by atoms with Crippen molar-refractivity contribution in [3.05, 3.63) is 59.4 Å². The van der Waals surface area contributed by atoms with Gasteiger partial charge in [0, 0.05) is 18.8 Å². The molecule has 3 heteroatoms. The second-order valence-corrected chi connectivity index (χ2v) is 4.45. The molecule has 19 heavy (non-hydrogen) atoms. The highest BCUT2D eigenvalue weighted by molar-refractivity contribution is 5.27. The maximum absolute atomic E-state index is 5.42. The highest BCUT2D eigenvalue weighted by atomic mass is 16.5. The van der Waals surface area contributed by atoms with Crippen molar-refractivity contribution in [2.75, 3.05) is 6.61 Å². The first kappa shape index (κ1) is 13.6. The van der Waals surface area contributed by atoms with Gasteiger partial charge in [0.25, 0.3) is 0 Å². The van der Waals surface area contributed by atoms with Crippen LogP contribution in [0.2, 0.25) is 0 Å². The molecule has 0 aliphatic carbocycles. The second kappa shape index (κ2) is 6.90. The Labute approximate surface area is 114 Å². The van der Waals surface area contributed by atoms with Crippen LogP contribution in [0.25, 0.3) is 0 Å². The van der Waals surface area contributed by atoms with Crippen molar-refractivity contribution >= 4 is 0 Å². The summed E-state index contributed by atoms with van der Waals surface area (Å²) in [6.07, 6.45) is 0. The van der Waals surface area contributed by atoms with E-state index in [0.29, 0.717) is 6.61 Å². The van der Waals surface area contributed by atoms with Gasteiger partial charge in [0.15, 0.2) is 0 Å². The lowest BCUT2D eigenvalue weighted by Crippen LogP contribution is -2.13. The Morgan fingerprint density at radius 2 is 1.84 bits per heavy atom. The Balaban J connectivity index is 1.82. The molecule has 0 bridgehead atoms. The molecular formula is C16H20N2O. The summed E-state index contributed by atoms with van der Waals surface area (Å²) in [7, 11) is 0. The van der Waals surface area contributed by atoms with Crippen LogP contribution in [-0.4, -0.2) is 11.6 Å². The summed E-state index contributed by atoms with van der Waals surface area (Å²) >= 11 is 0. The zero-order valence-electron chi connectivity index (χ0n) is 11.5. The van der Waals surface area contributed by atoms with Crippen LogP contribution in [-0.2, 0) is 13.1 Å². The van der Waals surface area contributed by atoms with Crippen molar-refractivity contribution in [3.63, 3.8) is 0 Å². The van der Waals surface area contributed by atoms with E-state index in [2.05, 4.69) is 22.4 Å². The maximum atomic E-state index is 5.42. The van der Waals surface area contributed by atoms with Gasteiger partial charge >= 0.3 is 0 Å². The van der Waals surface area contributed by atoms with Gasteiger partial charge in [0.2, 0.25) is 0 Å². The molecular weight excluding hydrogens is 236 g/mol. The van der Waals surface area contributed by atoms with Crippen LogP contribution >= 0.6 is 0 Å². The number of rotatable bonds is 6. The maximum Gasteiger partial charge on any atom is 0.119 e. The minimum absolute atomic E-state index is 0.705. The number of aryl methyl sites for hydroxylation is 1. The Morgan fingerprint density at radius 1 is 1.05 bits per heavy atom. The summed E-state index contributed by atoms with van der Waals surface area (Å²) in [6.45, 7) is 6.33. The van der Waals surface area contributed by atoms with Crippen molar-refractivity contribution in [1.29, 1.82) is 0 Å². The van der Waals surface area contributed by atoms with Gasteiger partial charge < -0.3 is 10.1 Å². The smallest absolute Gasteiger partial charge is 0.119 e. The predicted octanol–water partition coefficient (Wildman–Crippen LogP) is 3.08. The van der Waals surface area contributed by atoms with Gasteiger partial charge in [-0.05, 0) is 43.7 Å². The summed E-state index contributed by atoms with van der Waals surface area (Å²) in [4.78, 5) is 4.46. The van der Waals surface area contributed by atoms with E-state index in [1.807, 2.05) is 44.2 Å². The third kappa shape index (κ3) is 4.38. The summed E-state index contributed by atoms with van der Waals surface area (Å²) in [5, 5.41) is 3.39. The monoisotopic (exact) mass is 256 g/mol. The van der Waals surface area contributed by atoms with Crippen LogP contribution in [0.4, 0.5) is 0 Å². The molecule has 1 aromatic heterocycles. The molecule has 3 nitrogen and oxygen atoms in total. The first-order valence-corrected chi connectivity index (χ1v) is 6.63. The van der Waals surface area contributed by atoms with E-state index in [-0.39, 0.29) is 0 Å². The lowest BCUT2D eigenvalue weighted by Gasteiger charge is -2.07. The Hall–Kier alpha value is -1.87. The van der Waals surface area contributed by atoms with Gasteiger partial charge in [-0.3, -0.25) is 4.98 Å². The number of nitrogens with one attached hydrogen (secondary N) is 1. The average molecular weight is 256 g/mol. The molecule has 0 aliphatic rings. The standard InChI is InChI=1S/C16H20N2O/c1-3-19-16-9-7-14(8-10-16)11-17-12-15-6-4-5-13(2)18-15/h4-10,17H,3,11-12H2,1-2H3. The minimum Gasteiger partial charge on any atom is -0.494 e. The number of hydrogen-bond acceptors (Lipinski definition) is 3. The van der Waals surface area contributed by atoms with E-state index < -0.39 is 0 Å². The fourth-order valence-corrected chi connectivity index (χ4v) is 1.90. The van der Waals surface area contributed by atoms with E-state index in [4.69, 9.17) is 4.74 Å². The Bertz CT molecular complexity index is 508. The Morgan fingerprint density at radius 3 is 2.53 bits per heavy atom. The summed E-state index contributed by atoms with van der Waals surface area (Å²) in [6, 6.07) is 14.3. The van der Waals surface area contributed by atoms with Gasteiger partial charge in [0.05, 0.1) is 12.3 Å². The molecule has 0 amide bonds. The Kier molecular flexibility index (Phi) is 4.93. The SMILES string of the molecule is CCOc1ccc(CNCc2cccc(C)n2)cc1. The van der Waals surface area contributed by atoms with E-state index >= 15 is 0 Å². The lowest BCUT2D eigenvalue weighted by molar-refractivity contribution is 0.340. The molecule has 1 N–H and O–H groups in total. The fourth-order valence-electron chi connectivity index (χ4n) is 1.90. The quantitative estimate of drug-likeness (QED) is 0.862. The molecule has 100 valence electrons. The lowest BCUT2D eigenvalue weighted by atomic mass is 10.2. The van der Waals surface area contributed by atoms with Crippen LogP contribution < -0.4 is 10.1 Å². The molecule has 1 aromatic carbocycles. The molecule has 0 saturated carbocycles. The van der Waals surface area contributed by atoms with Crippen molar-refractivity contribution < 1.29 is 4.74 Å². The summed E-state index contributed by atoms with van der Waals surface area (Å²) in [5.41, 5.74) is 3.38. The van der Waals surface area contributed by atoms with E-state index in [9.17, 15) is 0 Å². The zero-order valence-corrected chi connectivity index (χ0v) is 11.5. The number of aromatic nitrogens is 1. The molecule has 0 fully saturated rings. The van der Waals surface area contributed by atoms with E-state index in [1.54, 1.807) is 0 Å². The average Bonchev–Trinajstić information content (AvgIpc) is 2.41. The minimum atomic E-state index is 0.705. The van der Waals surface area contributed by atoms with Gasteiger partial charge in [-0.1, -0.05) is 18.2 Å². The van der Waals surface area contributed by atoms with E-state index in [1.165, 1.54) is 5.56 Å². The molecule has 0 radical (unpaired) electrons. The van der Waals surface area contributed by atoms with Crippen LogP contribution in [0, 0.1) is 6.92 Å². The van der Waals surface area contributed by atoms with Gasteiger partial charge in [-0.25, -0.2) is 0 Å². The molecule has 0 unspecified atom stereocenters. The number of nitrogens with zero attached hydrogens (tertiary/aromatic N) is 1. The predicted molar refractivity (Wildman–Crippen MR) is 77.1 cm³/mol. The summed E-state index contributed by atoms with van der Waals surface area (Å²) in [5.74, 6) is 0.923. The zero-order chi connectivity index (χ0) is 13.5. The van der Waals surface area contributed by atoms with Crippen molar-refractivity contribution in [3.8, 4) is 5.75 Å². The molecule has 0 aliphatic heterocycles. The molecule has 0 saturated heterocycles. The third-order valence-electron chi connectivity index (χ3n) is 2.82. The number of hydrogen-bond donors (Lipinski definition) is 1. The largest absolute Gasteiger partial charge is 0.494 e. The molecule has 0 spiro atoms. The molecule has 0 atom stereocenters. The fraction of sp³-hybridized carbons (Fsp3) is 0.312. The van der Waals surface area contributed by atoms with Gasteiger partial charge in [-0.15, -0.1) is 0 Å². The number of pyridine rings is 1. The first-order valence-electron chi connectivity index (χ1n) is 6.63. The molecule has 2 rings (SSSR count). The van der Waals surface area contributed by atoms with Gasteiger partial charge in [0.1, 0.15) is 5.75 Å². The first-order chi connectivity index (χ1) is 9.28. The van der Waals surface area contributed by atoms with Crippen molar-refractivity contribution in [1.82, 2.24) is 10.3 Å². The van der Waals surface area contributed by atoms with Crippen LogP contribution in [0.5, 0.6) is 5.75 Å². The number of benzene rings is 1. The second-order valence-electron chi connectivity index (χ2n) is 4.45. The number of ether oxygens (including phenoxy) is 1. The highest BCUT2D eigenvalue weighted by Gasteiger charge is 1.97. The van der Waals surface area contributed by atoms with Crippen LogP contribution in [0.1, 0.15) is 23.9 Å². The van der Waals surface area contributed by atoms with Crippen LogP contribution in [0.3, 0.4) is 0 Å². The van der Waals surface area contributed by atoms with Gasteiger partial charge in [-0.2, -0.15) is 0 Å². The topological polar surface area (TPSA) is 34.1 Å². The highest BCUT2D eigenvalue weighted by Crippen LogP contribution is 2.11. The third-order valence-corrected chi connectivity index (χ3v) is 2.82. The van der Waals surface area contributed by atoms with E-state index in [0.717, 1.165) is 30.2 Å². The molecule has 2 aromatic rings. The normalized spacial score (nSPS) is 10.4.